The third-order valence-electron chi connectivity index (χ3n) is 7.23. The maximum Gasteiger partial charge on any atom is 0.410 e. The van der Waals surface area contributed by atoms with Crippen LogP contribution in [0.1, 0.15) is 48.3 Å². The zero-order chi connectivity index (χ0) is 31.8. The molecule has 0 atom stereocenters. The molecule has 1 aliphatic heterocycles. The number of nitrogens with zero attached hydrogens (tertiary/aromatic N) is 4. The highest BCUT2D eigenvalue weighted by molar-refractivity contribution is 6.39. The average Bonchev–Trinajstić information content (AvgIpc) is 3.33. The van der Waals surface area contributed by atoms with Crippen LogP contribution in [0.4, 0.5) is 10.5 Å². The molecule has 2 N–H and O–H groups in total. The number of imidazole rings is 1. The van der Waals surface area contributed by atoms with E-state index in [1.807, 2.05) is 45.0 Å². The van der Waals surface area contributed by atoms with Crippen LogP contribution in [0.25, 0.3) is 22.4 Å². The molecule has 0 aliphatic carbocycles. The van der Waals surface area contributed by atoms with Gasteiger partial charge >= 0.3 is 6.09 Å². The molecule has 0 spiro atoms. The summed E-state index contributed by atoms with van der Waals surface area (Å²) < 4.78 is 12.6. The number of pyridine rings is 1. The molecule has 2 aromatic heterocycles. The van der Waals surface area contributed by atoms with E-state index < -0.39 is 17.6 Å². The Kier molecular flexibility index (Phi) is 8.88. The number of aliphatic hydroxyl groups is 1. The van der Waals surface area contributed by atoms with E-state index in [4.69, 9.17) is 32.7 Å². The number of carbonyl (C=O) groups is 2. The van der Waals surface area contributed by atoms with Gasteiger partial charge in [-0.25, -0.2) is 14.8 Å². The second-order valence-electron chi connectivity index (χ2n) is 11.4. The number of aromatic nitrogens is 3. The minimum atomic E-state index is -0.609. The van der Waals surface area contributed by atoms with Crippen molar-refractivity contribution >= 4 is 40.9 Å². The van der Waals surface area contributed by atoms with Gasteiger partial charge in [0, 0.05) is 48.0 Å². The van der Waals surface area contributed by atoms with Crippen LogP contribution in [-0.2, 0) is 31.4 Å². The molecule has 2 aromatic carbocycles. The predicted molar refractivity (Wildman–Crippen MR) is 169 cm³/mol. The number of halogens is 2. The Morgan fingerprint density at radius 1 is 1.00 bits per heavy atom. The normalized spacial score (nSPS) is 13.0. The monoisotopic (exact) mass is 637 g/mol. The van der Waals surface area contributed by atoms with E-state index in [1.165, 1.54) is 7.11 Å². The highest BCUT2D eigenvalue weighted by Crippen LogP contribution is 2.41. The molecular weight excluding hydrogens is 605 g/mol. The van der Waals surface area contributed by atoms with E-state index in [9.17, 15) is 14.7 Å². The van der Waals surface area contributed by atoms with E-state index in [1.54, 1.807) is 40.8 Å². The van der Waals surface area contributed by atoms with Gasteiger partial charge in [-0.3, -0.25) is 4.79 Å². The van der Waals surface area contributed by atoms with Gasteiger partial charge in [-0.1, -0.05) is 53.5 Å². The summed E-state index contributed by atoms with van der Waals surface area (Å²) in [5.41, 5.74) is 4.35. The van der Waals surface area contributed by atoms with Gasteiger partial charge in [0.15, 0.2) is 5.82 Å². The number of aliphatic hydroxyl groups excluding tert-OH is 1. The van der Waals surface area contributed by atoms with Gasteiger partial charge in [-0.05, 0) is 39.0 Å². The second kappa shape index (κ2) is 12.5. The lowest BCUT2D eigenvalue weighted by Gasteiger charge is -2.29. The van der Waals surface area contributed by atoms with Crippen LogP contribution < -0.4 is 10.1 Å². The molecule has 44 heavy (non-hydrogen) atoms. The Bertz CT molecular complexity index is 1750. The summed E-state index contributed by atoms with van der Waals surface area (Å²) in [7, 11) is 3.27. The molecule has 2 amide bonds. The van der Waals surface area contributed by atoms with E-state index in [0.29, 0.717) is 68.2 Å². The molecule has 5 rings (SSSR count). The van der Waals surface area contributed by atoms with Crippen LogP contribution in [0.15, 0.2) is 48.5 Å². The fraction of sp³-hybridized carbons (Fsp3) is 0.312. The minimum Gasteiger partial charge on any atom is -0.481 e. The van der Waals surface area contributed by atoms with Crippen molar-refractivity contribution in [3.05, 3.63) is 81.4 Å². The van der Waals surface area contributed by atoms with Gasteiger partial charge in [0.25, 0.3) is 5.91 Å². The molecular formula is C32H33Cl2N5O5. The molecule has 1 aliphatic rings. The summed E-state index contributed by atoms with van der Waals surface area (Å²) in [6.45, 7) is 5.97. The molecule has 4 aromatic rings. The lowest BCUT2D eigenvalue weighted by Crippen LogP contribution is -2.40. The first-order chi connectivity index (χ1) is 20.9. The van der Waals surface area contributed by atoms with E-state index >= 15 is 0 Å². The predicted octanol–water partition coefficient (Wildman–Crippen LogP) is 6.50. The number of amides is 2. The number of anilines is 1. The first-order valence-electron chi connectivity index (χ1n) is 14.0. The zero-order valence-electron chi connectivity index (χ0n) is 25.1. The topological polar surface area (TPSA) is 119 Å². The first-order valence-corrected chi connectivity index (χ1v) is 14.7. The number of nitrogens with one attached hydrogen (secondary N) is 1. The number of methoxy groups -OCH3 is 1. The van der Waals surface area contributed by atoms with E-state index in [-0.39, 0.29) is 19.0 Å². The van der Waals surface area contributed by atoms with Crippen LogP contribution in [0, 0.1) is 0 Å². The molecule has 0 saturated carbocycles. The molecule has 0 fully saturated rings. The number of benzene rings is 2. The van der Waals surface area contributed by atoms with Crippen molar-refractivity contribution in [2.24, 2.45) is 7.05 Å². The molecule has 12 heteroatoms. The van der Waals surface area contributed by atoms with Gasteiger partial charge in [0.2, 0.25) is 5.88 Å². The van der Waals surface area contributed by atoms with E-state index in [0.717, 1.165) is 5.69 Å². The number of hydrogen-bond acceptors (Lipinski definition) is 7. The summed E-state index contributed by atoms with van der Waals surface area (Å²) in [4.78, 5) is 36.7. The molecule has 3 heterocycles. The summed E-state index contributed by atoms with van der Waals surface area (Å²) >= 11 is 13.8. The maximum absolute atomic E-state index is 13.5. The second-order valence-corrected chi connectivity index (χ2v) is 12.1. The van der Waals surface area contributed by atoms with Crippen LogP contribution in [0.5, 0.6) is 5.88 Å². The van der Waals surface area contributed by atoms with Gasteiger partial charge in [0.1, 0.15) is 5.60 Å². The lowest BCUT2D eigenvalue weighted by molar-refractivity contribution is 0.0220. The third-order valence-corrected chi connectivity index (χ3v) is 8.04. The Morgan fingerprint density at radius 2 is 1.68 bits per heavy atom. The highest BCUT2D eigenvalue weighted by atomic mass is 35.5. The number of carbonyl (C=O) groups excluding carboxylic acids is 2. The van der Waals surface area contributed by atoms with Crippen LogP contribution in [0.2, 0.25) is 10.0 Å². The van der Waals surface area contributed by atoms with Gasteiger partial charge in [0.05, 0.1) is 47.4 Å². The molecule has 0 unspecified atom stereocenters. The largest absolute Gasteiger partial charge is 0.481 e. The molecule has 0 saturated heterocycles. The summed E-state index contributed by atoms with van der Waals surface area (Å²) in [6.07, 6.45) is 0.128. The van der Waals surface area contributed by atoms with Gasteiger partial charge < -0.3 is 29.4 Å². The summed E-state index contributed by atoms with van der Waals surface area (Å²) in [5, 5.41) is 13.2. The fourth-order valence-electron chi connectivity index (χ4n) is 5.08. The SMILES string of the molecule is COc1nc(-c2cccc(-c3cccc(NC(=O)c4nc5c(n4C)CCN(C(=O)OC(C)(C)C)C5)c3Cl)c2Cl)ccc1CO. The van der Waals surface area contributed by atoms with Crippen molar-refractivity contribution in [3.8, 4) is 28.3 Å². The highest BCUT2D eigenvalue weighted by Gasteiger charge is 2.30. The molecule has 0 radical (unpaired) electrons. The van der Waals surface area contributed by atoms with Crippen LogP contribution in [-0.4, -0.2) is 55.8 Å². The van der Waals surface area contributed by atoms with Crippen molar-refractivity contribution in [2.75, 3.05) is 19.0 Å². The smallest absolute Gasteiger partial charge is 0.410 e. The summed E-state index contributed by atoms with van der Waals surface area (Å²) in [5.74, 6) is 0.0708. The Hall–Kier alpha value is -4.12. The van der Waals surface area contributed by atoms with Gasteiger partial charge in [-0.15, -0.1) is 0 Å². The molecule has 230 valence electrons. The zero-order valence-corrected chi connectivity index (χ0v) is 26.6. The number of hydrogen-bond donors (Lipinski definition) is 2. The van der Waals surface area contributed by atoms with Crippen LogP contribution >= 0.6 is 23.2 Å². The minimum absolute atomic E-state index is 0.203. The quantitative estimate of drug-likeness (QED) is 0.248. The molecule has 0 bridgehead atoms. The number of ether oxygens (including phenoxy) is 2. The molecule has 10 nitrogen and oxygen atoms in total. The number of fused-ring (bicyclic) bond motifs is 1. The van der Waals surface area contributed by atoms with Crippen molar-refractivity contribution in [1.29, 1.82) is 0 Å². The van der Waals surface area contributed by atoms with Gasteiger partial charge in [-0.2, -0.15) is 0 Å². The Morgan fingerprint density at radius 3 is 2.36 bits per heavy atom. The summed E-state index contributed by atoms with van der Waals surface area (Å²) in [6, 6.07) is 14.3. The maximum atomic E-state index is 13.5. The lowest BCUT2D eigenvalue weighted by atomic mass is 10.00. The van der Waals surface area contributed by atoms with Crippen molar-refractivity contribution < 1.29 is 24.2 Å². The first kappa shape index (κ1) is 31.3. The van der Waals surface area contributed by atoms with Crippen molar-refractivity contribution in [1.82, 2.24) is 19.4 Å². The third kappa shape index (κ3) is 6.24. The number of rotatable bonds is 6. The standard InChI is InChI=1S/C32H33Cl2N5O5/c1-32(2,3)44-31(42)39-15-14-25-24(16-39)35-28(38(25)4)29(41)36-23-11-7-9-20(27(23)34)19-8-6-10-21(26(19)33)22-13-12-18(17-40)30(37-22)43-5/h6-13,40H,14-17H2,1-5H3,(H,36,41). The average molecular weight is 639 g/mol. The van der Waals surface area contributed by atoms with Crippen LogP contribution in [0.3, 0.4) is 0 Å². The van der Waals surface area contributed by atoms with E-state index in [2.05, 4.69) is 15.3 Å². The Labute approximate surface area is 265 Å². The van der Waals surface area contributed by atoms with Crippen molar-refractivity contribution in [3.63, 3.8) is 0 Å². The fourth-order valence-corrected chi connectivity index (χ4v) is 5.68. The van der Waals surface area contributed by atoms with Crippen molar-refractivity contribution in [2.45, 2.75) is 45.9 Å². The Balaban J connectivity index is 1.40.